The van der Waals surface area contributed by atoms with Crippen molar-refractivity contribution < 1.29 is 4.52 Å². The average molecular weight is 252 g/mol. The zero-order valence-electron chi connectivity index (χ0n) is 11.6. The highest BCUT2D eigenvalue weighted by atomic mass is 16.5. The van der Waals surface area contributed by atoms with E-state index in [4.69, 9.17) is 10.3 Å². The summed E-state index contributed by atoms with van der Waals surface area (Å²) in [4.78, 5) is 6.58. The number of aromatic nitrogens is 2. The molecule has 0 bridgehead atoms. The van der Waals surface area contributed by atoms with Crippen molar-refractivity contribution in [3.63, 3.8) is 0 Å². The standard InChI is InChI=1S/C13H24N4O/c1-10-4-7-13(14,8-5-10)12-15-11(16-18-12)6-9-17(2)3/h10H,4-9,14H2,1-3H3. The zero-order valence-corrected chi connectivity index (χ0v) is 11.6. The van der Waals surface area contributed by atoms with Crippen molar-refractivity contribution in [2.45, 2.75) is 44.6 Å². The molecule has 0 aliphatic heterocycles. The first kappa shape index (κ1) is 13.5. The van der Waals surface area contributed by atoms with Gasteiger partial charge in [-0.15, -0.1) is 0 Å². The minimum atomic E-state index is -0.393. The maximum Gasteiger partial charge on any atom is 0.246 e. The SMILES string of the molecule is CC1CCC(N)(c2nc(CCN(C)C)no2)CC1. The van der Waals surface area contributed by atoms with Crippen LogP contribution < -0.4 is 5.73 Å². The van der Waals surface area contributed by atoms with E-state index in [1.54, 1.807) is 0 Å². The van der Waals surface area contributed by atoms with Crippen LogP contribution in [0.4, 0.5) is 0 Å². The maximum atomic E-state index is 6.41. The van der Waals surface area contributed by atoms with Gasteiger partial charge in [-0.05, 0) is 45.7 Å². The van der Waals surface area contributed by atoms with Crippen LogP contribution in [-0.2, 0) is 12.0 Å². The Kier molecular flexibility index (Phi) is 4.02. The Hall–Kier alpha value is -0.940. The Morgan fingerprint density at radius 2 is 2.06 bits per heavy atom. The lowest BCUT2D eigenvalue weighted by molar-refractivity contribution is 0.190. The van der Waals surface area contributed by atoms with E-state index in [0.717, 1.165) is 50.4 Å². The lowest BCUT2D eigenvalue weighted by atomic mass is 9.78. The van der Waals surface area contributed by atoms with Crippen LogP contribution >= 0.6 is 0 Å². The third kappa shape index (κ3) is 3.09. The second kappa shape index (κ2) is 5.36. The fourth-order valence-corrected chi connectivity index (χ4v) is 2.37. The summed E-state index contributed by atoms with van der Waals surface area (Å²) in [6.45, 7) is 3.20. The third-order valence-corrected chi connectivity index (χ3v) is 3.84. The highest BCUT2D eigenvalue weighted by Gasteiger charge is 2.36. The van der Waals surface area contributed by atoms with Gasteiger partial charge in [0.2, 0.25) is 5.89 Å². The summed E-state index contributed by atoms with van der Waals surface area (Å²) < 4.78 is 5.37. The molecule has 1 aromatic rings. The van der Waals surface area contributed by atoms with E-state index in [0.29, 0.717) is 5.89 Å². The lowest BCUT2D eigenvalue weighted by Crippen LogP contribution is -2.40. The second-order valence-corrected chi connectivity index (χ2v) is 5.91. The molecule has 0 amide bonds. The molecule has 0 spiro atoms. The number of nitrogens with two attached hydrogens (primary N) is 1. The molecule has 0 saturated heterocycles. The summed E-state index contributed by atoms with van der Waals surface area (Å²) in [5, 5.41) is 4.03. The lowest BCUT2D eigenvalue weighted by Gasteiger charge is -2.32. The van der Waals surface area contributed by atoms with Gasteiger partial charge in [0.25, 0.3) is 0 Å². The number of nitrogens with zero attached hydrogens (tertiary/aromatic N) is 3. The van der Waals surface area contributed by atoms with Crippen LogP contribution in [0.1, 0.15) is 44.3 Å². The van der Waals surface area contributed by atoms with E-state index in [1.165, 1.54) is 0 Å². The smallest absolute Gasteiger partial charge is 0.246 e. The molecule has 1 saturated carbocycles. The predicted molar refractivity (Wildman–Crippen MR) is 70.1 cm³/mol. The van der Waals surface area contributed by atoms with Gasteiger partial charge in [0.1, 0.15) is 0 Å². The van der Waals surface area contributed by atoms with Crippen molar-refractivity contribution in [1.29, 1.82) is 0 Å². The molecule has 1 aliphatic rings. The number of hydrogen-bond donors (Lipinski definition) is 1. The summed E-state index contributed by atoms with van der Waals surface area (Å²) in [5.74, 6) is 2.16. The van der Waals surface area contributed by atoms with Gasteiger partial charge in [0, 0.05) is 13.0 Å². The van der Waals surface area contributed by atoms with Crippen molar-refractivity contribution in [2.24, 2.45) is 11.7 Å². The van der Waals surface area contributed by atoms with Crippen LogP contribution in [0.5, 0.6) is 0 Å². The van der Waals surface area contributed by atoms with E-state index in [1.807, 2.05) is 14.1 Å². The Labute approximate surface area is 109 Å². The van der Waals surface area contributed by atoms with Gasteiger partial charge in [0.05, 0.1) is 5.54 Å². The van der Waals surface area contributed by atoms with Crippen LogP contribution in [0.3, 0.4) is 0 Å². The summed E-state index contributed by atoms with van der Waals surface area (Å²) >= 11 is 0. The molecule has 0 atom stereocenters. The Morgan fingerprint density at radius 3 is 2.67 bits per heavy atom. The third-order valence-electron chi connectivity index (χ3n) is 3.84. The molecular formula is C13H24N4O. The van der Waals surface area contributed by atoms with Crippen molar-refractivity contribution in [3.05, 3.63) is 11.7 Å². The van der Waals surface area contributed by atoms with Gasteiger partial charge >= 0.3 is 0 Å². The highest BCUT2D eigenvalue weighted by molar-refractivity contribution is 5.04. The first-order valence-corrected chi connectivity index (χ1v) is 6.76. The fraction of sp³-hybridized carbons (Fsp3) is 0.846. The van der Waals surface area contributed by atoms with Gasteiger partial charge in [0.15, 0.2) is 5.82 Å². The molecule has 0 radical (unpaired) electrons. The van der Waals surface area contributed by atoms with Crippen LogP contribution in [0.25, 0.3) is 0 Å². The molecule has 2 rings (SSSR count). The minimum Gasteiger partial charge on any atom is -0.337 e. The Morgan fingerprint density at radius 1 is 1.39 bits per heavy atom. The van der Waals surface area contributed by atoms with Gasteiger partial charge in [-0.2, -0.15) is 4.98 Å². The summed E-state index contributed by atoms with van der Waals surface area (Å²) in [6.07, 6.45) is 4.99. The largest absolute Gasteiger partial charge is 0.337 e. The van der Waals surface area contributed by atoms with Crippen molar-refractivity contribution in [1.82, 2.24) is 15.0 Å². The summed E-state index contributed by atoms with van der Waals surface area (Å²) in [6, 6.07) is 0. The van der Waals surface area contributed by atoms with Crippen LogP contribution in [0.2, 0.25) is 0 Å². The average Bonchev–Trinajstić information content (AvgIpc) is 2.80. The molecular weight excluding hydrogens is 228 g/mol. The van der Waals surface area contributed by atoms with E-state index in [-0.39, 0.29) is 0 Å². The molecule has 102 valence electrons. The number of rotatable bonds is 4. The fourth-order valence-electron chi connectivity index (χ4n) is 2.37. The van der Waals surface area contributed by atoms with E-state index in [2.05, 4.69) is 22.0 Å². The van der Waals surface area contributed by atoms with Crippen molar-refractivity contribution in [2.75, 3.05) is 20.6 Å². The molecule has 2 N–H and O–H groups in total. The Balaban J connectivity index is 2.00. The molecule has 18 heavy (non-hydrogen) atoms. The van der Waals surface area contributed by atoms with E-state index in [9.17, 15) is 0 Å². The van der Waals surface area contributed by atoms with Gasteiger partial charge < -0.3 is 15.2 Å². The van der Waals surface area contributed by atoms with E-state index >= 15 is 0 Å². The molecule has 1 aromatic heterocycles. The second-order valence-electron chi connectivity index (χ2n) is 5.91. The quantitative estimate of drug-likeness (QED) is 0.880. The predicted octanol–water partition coefficient (Wildman–Crippen LogP) is 1.54. The summed E-state index contributed by atoms with van der Waals surface area (Å²) in [7, 11) is 4.07. The van der Waals surface area contributed by atoms with E-state index < -0.39 is 5.54 Å². The van der Waals surface area contributed by atoms with Gasteiger partial charge in [-0.1, -0.05) is 12.1 Å². The monoisotopic (exact) mass is 252 g/mol. The minimum absolute atomic E-state index is 0.393. The normalized spacial score (nSPS) is 28.8. The molecule has 1 fully saturated rings. The van der Waals surface area contributed by atoms with Crippen LogP contribution in [0, 0.1) is 5.92 Å². The molecule has 0 unspecified atom stereocenters. The molecule has 1 heterocycles. The van der Waals surface area contributed by atoms with Gasteiger partial charge in [-0.25, -0.2) is 0 Å². The summed E-state index contributed by atoms with van der Waals surface area (Å²) in [5.41, 5.74) is 6.01. The Bertz CT molecular complexity index is 380. The topological polar surface area (TPSA) is 68.2 Å². The molecule has 1 aliphatic carbocycles. The van der Waals surface area contributed by atoms with Gasteiger partial charge in [-0.3, -0.25) is 0 Å². The first-order valence-electron chi connectivity index (χ1n) is 6.76. The van der Waals surface area contributed by atoms with Crippen LogP contribution in [0.15, 0.2) is 4.52 Å². The highest BCUT2D eigenvalue weighted by Crippen LogP contribution is 2.36. The van der Waals surface area contributed by atoms with Crippen LogP contribution in [-0.4, -0.2) is 35.7 Å². The van der Waals surface area contributed by atoms with Crippen molar-refractivity contribution in [3.8, 4) is 0 Å². The molecule has 0 aromatic carbocycles. The molecule has 5 nitrogen and oxygen atoms in total. The first-order chi connectivity index (χ1) is 8.49. The van der Waals surface area contributed by atoms with Crippen molar-refractivity contribution >= 4 is 0 Å². The number of likely N-dealkylation sites (N-methyl/N-ethyl adjacent to an activating group) is 1. The molecule has 5 heteroatoms. The maximum absolute atomic E-state index is 6.41. The zero-order chi connectivity index (χ0) is 13.2. The number of hydrogen-bond acceptors (Lipinski definition) is 5.